The smallest absolute Gasteiger partial charge is 0.318 e. The zero-order valence-corrected chi connectivity index (χ0v) is 12.2. The maximum Gasteiger partial charge on any atom is 0.318 e. The molecule has 0 aromatic rings. The first-order chi connectivity index (χ1) is 9.47. The Morgan fingerprint density at radius 3 is 2.10 bits per heavy atom. The molecule has 1 unspecified atom stereocenters. The van der Waals surface area contributed by atoms with Crippen LogP contribution in [0.3, 0.4) is 0 Å². The van der Waals surface area contributed by atoms with Gasteiger partial charge >= 0.3 is 6.03 Å². The molecule has 4 aliphatic carbocycles. The highest BCUT2D eigenvalue weighted by atomic mass is 16.2. The number of hydrogen-bond donors (Lipinski definition) is 3. The van der Waals surface area contributed by atoms with Gasteiger partial charge in [-0.15, -0.1) is 0 Å². The third-order valence-corrected chi connectivity index (χ3v) is 5.84. The van der Waals surface area contributed by atoms with Gasteiger partial charge in [0.25, 0.3) is 0 Å². The molecule has 4 saturated carbocycles. The maximum atomic E-state index is 11.5. The van der Waals surface area contributed by atoms with Crippen molar-refractivity contribution in [1.82, 2.24) is 10.6 Å². The van der Waals surface area contributed by atoms with Gasteiger partial charge in [-0.2, -0.15) is 0 Å². The normalized spacial score (nSPS) is 39.5. The van der Waals surface area contributed by atoms with Crippen LogP contribution < -0.4 is 16.4 Å². The number of urea groups is 1. The van der Waals surface area contributed by atoms with E-state index in [1.165, 1.54) is 38.5 Å². The van der Waals surface area contributed by atoms with Gasteiger partial charge in [-0.05, 0) is 68.6 Å². The number of nitrogens with two attached hydrogens (primary N) is 1. The van der Waals surface area contributed by atoms with Crippen molar-refractivity contribution in [2.24, 2.45) is 28.9 Å². The van der Waals surface area contributed by atoms with Crippen LogP contribution in [0.25, 0.3) is 0 Å². The lowest BCUT2D eigenvalue weighted by molar-refractivity contribution is -0.120. The first-order valence-corrected chi connectivity index (χ1v) is 7.79. The van der Waals surface area contributed by atoms with Crippen molar-refractivity contribution in [3.8, 4) is 0 Å². The van der Waals surface area contributed by atoms with Gasteiger partial charge in [0.05, 0.1) is 6.54 Å². The Morgan fingerprint density at radius 2 is 1.65 bits per heavy atom. The number of carbonyl (C=O) groups is 2. The van der Waals surface area contributed by atoms with Crippen molar-refractivity contribution < 1.29 is 9.59 Å². The second-order valence-corrected chi connectivity index (χ2v) is 7.29. The molecule has 0 heterocycles. The first kappa shape index (κ1) is 13.9. The van der Waals surface area contributed by atoms with Crippen molar-refractivity contribution in [3.05, 3.63) is 0 Å². The summed E-state index contributed by atoms with van der Waals surface area (Å²) in [5.74, 6) is 2.38. The summed E-state index contributed by atoms with van der Waals surface area (Å²) in [6.45, 7) is 2.37. The number of imide groups is 1. The molecule has 4 bridgehead atoms. The minimum Gasteiger partial charge on any atom is -0.351 e. The van der Waals surface area contributed by atoms with Crippen molar-refractivity contribution >= 4 is 11.9 Å². The van der Waals surface area contributed by atoms with Crippen molar-refractivity contribution in [3.63, 3.8) is 0 Å². The summed E-state index contributed by atoms with van der Waals surface area (Å²) in [5.41, 5.74) is 5.32. The lowest BCUT2D eigenvalue weighted by Gasteiger charge is -2.59. The Kier molecular flexibility index (Phi) is 3.48. The quantitative estimate of drug-likeness (QED) is 0.727. The van der Waals surface area contributed by atoms with Crippen molar-refractivity contribution in [2.45, 2.75) is 51.5 Å². The molecular formula is C15H25N3O2. The Morgan fingerprint density at radius 1 is 1.15 bits per heavy atom. The lowest BCUT2D eigenvalue weighted by atomic mass is 9.48. The van der Waals surface area contributed by atoms with Crippen LogP contribution in [0.2, 0.25) is 0 Å². The first-order valence-electron chi connectivity index (χ1n) is 7.79. The average molecular weight is 279 g/mol. The van der Waals surface area contributed by atoms with Crippen LogP contribution in [0.15, 0.2) is 0 Å². The second-order valence-electron chi connectivity index (χ2n) is 7.29. The van der Waals surface area contributed by atoms with E-state index in [0.29, 0.717) is 11.5 Å². The summed E-state index contributed by atoms with van der Waals surface area (Å²) in [5, 5.41) is 5.43. The summed E-state index contributed by atoms with van der Waals surface area (Å²) in [4.78, 5) is 22.1. The van der Waals surface area contributed by atoms with E-state index in [-0.39, 0.29) is 12.5 Å². The SMILES string of the molecule is CC(NCC(=O)NC(N)=O)C12CC3CC(CC(C3)C1)C2. The van der Waals surface area contributed by atoms with Crippen LogP contribution >= 0.6 is 0 Å². The Bertz CT molecular complexity index is 386. The van der Waals surface area contributed by atoms with Crippen LogP contribution in [0.5, 0.6) is 0 Å². The van der Waals surface area contributed by atoms with Crippen LogP contribution in [-0.2, 0) is 4.79 Å². The minimum atomic E-state index is -0.778. The Labute approximate surface area is 120 Å². The molecule has 4 aliphatic rings. The maximum absolute atomic E-state index is 11.5. The van der Waals surface area contributed by atoms with E-state index in [1.54, 1.807) is 0 Å². The molecule has 0 saturated heterocycles. The van der Waals surface area contributed by atoms with Gasteiger partial charge < -0.3 is 11.1 Å². The zero-order valence-electron chi connectivity index (χ0n) is 12.2. The zero-order chi connectivity index (χ0) is 14.3. The number of rotatable bonds is 4. The molecule has 20 heavy (non-hydrogen) atoms. The molecule has 0 spiro atoms. The molecule has 0 aromatic carbocycles. The topological polar surface area (TPSA) is 84.2 Å². The van der Waals surface area contributed by atoms with E-state index < -0.39 is 6.03 Å². The average Bonchev–Trinajstić information content (AvgIpc) is 2.33. The van der Waals surface area contributed by atoms with Gasteiger partial charge in [-0.1, -0.05) is 0 Å². The van der Waals surface area contributed by atoms with Crippen LogP contribution in [-0.4, -0.2) is 24.5 Å². The van der Waals surface area contributed by atoms with E-state index in [0.717, 1.165) is 17.8 Å². The third-order valence-electron chi connectivity index (χ3n) is 5.84. The third kappa shape index (κ3) is 2.55. The molecule has 5 nitrogen and oxygen atoms in total. The molecule has 1 atom stereocenters. The summed E-state index contributed by atoms with van der Waals surface area (Å²) >= 11 is 0. The largest absolute Gasteiger partial charge is 0.351 e. The molecular weight excluding hydrogens is 254 g/mol. The number of nitrogens with one attached hydrogen (secondary N) is 2. The van der Waals surface area contributed by atoms with Gasteiger partial charge in [-0.25, -0.2) is 4.79 Å². The van der Waals surface area contributed by atoms with E-state index in [2.05, 4.69) is 17.6 Å². The van der Waals surface area contributed by atoms with Crippen molar-refractivity contribution in [2.75, 3.05) is 6.54 Å². The fraction of sp³-hybridized carbons (Fsp3) is 0.867. The van der Waals surface area contributed by atoms with E-state index in [4.69, 9.17) is 5.73 Å². The molecule has 0 aliphatic heterocycles. The summed E-state index contributed by atoms with van der Waals surface area (Å²) in [6.07, 6.45) is 8.20. The molecule has 4 fully saturated rings. The van der Waals surface area contributed by atoms with Crippen molar-refractivity contribution in [1.29, 1.82) is 0 Å². The predicted octanol–water partition coefficient (Wildman–Crippen LogP) is 1.38. The fourth-order valence-electron chi connectivity index (χ4n) is 5.35. The number of hydrogen-bond acceptors (Lipinski definition) is 3. The van der Waals surface area contributed by atoms with Gasteiger partial charge in [0.1, 0.15) is 0 Å². The number of amides is 3. The standard InChI is InChI=1S/C15H25N3O2/c1-9(17-8-13(19)18-14(16)20)15-5-10-2-11(6-15)4-12(3-10)7-15/h9-12,17H,2-8H2,1H3,(H3,16,18,19,20). The van der Waals surface area contributed by atoms with Crippen LogP contribution in [0, 0.1) is 23.2 Å². The molecule has 112 valence electrons. The van der Waals surface area contributed by atoms with Crippen LogP contribution in [0.4, 0.5) is 4.79 Å². The Hall–Kier alpha value is -1.10. The number of carbonyl (C=O) groups excluding carboxylic acids is 2. The lowest BCUT2D eigenvalue weighted by Crippen LogP contribution is -2.56. The van der Waals surface area contributed by atoms with Gasteiger partial charge in [0, 0.05) is 6.04 Å². The fourth-order valence-corrected chi connectivity index (χ4v) is 5.35. The molecule has 3 amide bonds. The molecule has 0 aromatic heterocycles. The second kappa shape index (κ2) is 5.02. The minimum absolute atomic E-state index is 0.172. The highest BCUT2D eigenvalue weighted by Crippen LogP contribution is 2.61. The summed E-state index contributed by atoms with van der Waals surface area (Å²) in [6, 6.07) is -0.450. The van der Waals surface area contributed by atoms with E-state index in [1.807, 2.05) is 0 Å². The number of primary amides is 1. The molecule has 0 radical (unpaired) electrons. The molecule has 5 heteroatoms. The highest BCUT2D eigenvalue weighted by Gasteiger charge is 2.52. The summed E-state index contributed by atoms with van der Waals surface area (Å²) < 4.78 is 0. The van der Waals surface area contributed by atoms with E-state index in [9.17, 15) is 9.59 Å². The highest BCUT2D eigenvalue weighted by molar-refractivity contribution is 5.94. The van der Waals surface area contributed by atoms with Gasteiger partial charge in [-0.3, -0.25) is 10.1 Å². The molecule has 4 N–H and O–H groups in total. The predicted molar refractivity (Wildman–Crippen MR) is 75.8 cm³/mol. The van der Waals surface area contributed by atoms with Gasteiger partial charge in [0.2, 0.25) is 5.91 Å². The van der Waals surface area contributed by atoms with E-state index >= 15 is 0 Å². The summed E-state index contributed by atoms with van der Waals surface area (Å²) in [7, 11) is 0. The monoisotopic (exact) mass is 279 g/mol. The van der Waals surface area contributed by atoms with Crippen LogP contribution in [0.1, 0.15) is 45.4 Å². The van der Waals surface area contributed by atoms with Gasteiger partial charge in [0.15, 0.2) is 0 Å². The molecule has 4 rings (SSSR count). The Balaban J connectivity index is 1.58.